The molecule has 6 nitrogen and oxygen atoms in total. The van der Waals surface area contributed by atoms with Gasteiger partial charge in [-0.15, -0.1) is 0 Å². The molecule has 0 aromatic heterocycles. The molecule has 0 unspecified atom stereocenters. The summed E-state index contributed by atoms with van der Waals surface area (Å²) in [5.74, 6) is 0.554. The number of fused-ring (bicyclic) bond motifs is 1. The van der Waals surface area contributed by atoms with E-state index in [4.69, 9.17) is 4.74 Å². The molecule has 2 amide bonds. The van der Waals surface area contributed by atoms with Crippen LogP contribution in [-0.4, -0.2) is 25.0 Å². The minimum Gasteiger partial charge on any atom is -0.494 e. The molecule has 8 heteroatoms. The van der Waals surface area contributed by atoms with E-state index >= 15 is 0 Å². The van der Waals surface area contributed by atoms with E-state index < -0.39 is 6.61 Å². The summed E-state index contributed by atoms with van der Waals surface area (Å²) in [6, 6.07) is 11.2. The number of rotatable bonds is 8. The van der Waals surface area contributed by atoms with Gasteiger partial charge >= 0.3 is 6.61 Å². The number of benzene rings is 2. The van der Waals surface area contributed by atoms with Crippen LogP contribution in [0.2, 0.25) is 0 Å². The highest BCUT2D eigenvalue weighted by Gasteiger charge is 2.15. The van der Waals surface area contributed by atoms with Crippen molar-refractivity contribution in [3.05, 3.63) is 48.0 Å². The molecule has 0 saturated heterocycles. The molecule has 1 heterocycles. The van der Waals surface area contributed by atoms with Crippen molar-refractivity contribution in [2.45, 2.75) is 32.3 Å². The minimum absolute atomic E-state index is 0.0170. The van der Waals surface area contributed by atoms with E-state index in [1.165, 1.54) is 24.3 Å². The first-order valence-corrected chi connectivity index (χ1v) is 8.90. The third-order valence-corrected chi connectivity index (χ3v) is 4.15. The largest absolute Gasteiger partial charge is 0.494 e. The zero-order chi connectivity index (χ0) is 19.9. The molecule has 0 bridgehead atoms. The second-order valence-electron chi connectivity index (χ2n) is 6.27. The van der Waals surface area contributed by atoms with Crippen LogP contribution in [0.5, 0.6) is 11.5 Å². The lowest BCUT2D eigenvalue weighted by Crippen LogP contribution is -2.18. The van der Waals surface area contributed by atoms with E-state index in [2.05, 4.69) is 15.4 Å². The number of amides is 2. The number of hydrogen-bond acceptors (Lipinski definition) is 4. The Bertz CT molecular complexity index is 841. The maximum atomic E-state index is 12.1. The standard InChI is InChI=1S/C20H20F2N2O4/c21-20(22)28-15-6-4-14(5-7-15)23-18(25)2-1-11-27-16-8-9-17-13(12-16)3-10-19(26)24-17/h4-9,12,20H,1-3,10-11H2,(H,23,25)(H,24,26). The Balaban J connectivity index is 1.39. The molecule has 1 aliphatic rings. The van der Waals surface area contributed by atoms with Crippen molar-refractivity contribution in [3.63, 3.8) is 0 Å². The zero-order valence-electron chi connectivity index (χ0n) is 15.0. The van der Waals surface area contributed by atoms with Gasteiger partial charge in [-0.1, -0.05) is 0 Å². The predicted octanol–water partition coefficient (Wildman–Crippen LogP) is 3.97. The van der Waals surface area contributed by atoms with Crippen LogP contribution in [0.1, 0.15) is 24.8 Å². The Morgan fingerprint density at radius 1 is 1.11 bits per heavy atom. The fraction of sp³-hybridized carbons (Fsp3) is 0.300. The maximum Gasteiger partial charge on any atom is 0.387 e. The smallest absolute Gasteiger partial charge is 0.387 e. The lowest BCUT2D eigenvalue weighted by atomic mass is 10.0. The number of aryl methyl sites for hydroxylation is 1. The van der Waals surface area contributed by atoms with Gasteiger partial charge in [0, 0.05) is 24.2 Å². The SMILES string of the molecule is O=C(CCCOc1ccc2c(c1)CCC(=O)N2)Nc1ccc(OC(F)F)cc1. The van der Waals surface area contributed by atoms with E-state index in [1.54, 1.807) is 6.07 Å². The number of carbonyl (C=O) groups is 2. The van der Waals surface area contributed by atoms with Gasteiger partial charge in [-0.05, 0) is 60.9 Å². The number of hydrogen-bond donors (Lipinski definition) is 2. The highest BCUT2D eigenvalue weighted by molar-refractivity contribution is 5.94. The first-order chi connectivity index (χ1) is 13.5. The Kier molecular flexibility index (Phi) is 6.41. The van der Waals surface area contributed by atoms with Crippen LogP contribution in [0, 0.1) is 0 Å². The van der Waals surface area contributed by atoms with Crippen molar-refractivity contribution < 1.29 is 27.8 Å². The fourth-order valence-corrected chi connectivity index (χ4v) is 2.82. The summed E-state index contributed by atoms with van der Waals surface area (Å²) in [4.78, 5) is 23.3. The monoisotopic (exact) mass is 390 g/mol. The van der Waals surface area contributed by atoms with Gasteiger partial charge in [0.1, 0.15) is 11.5 Å². The second-order valence-corrected chi connectivity index (χ2v) is 6.27. The number of anilines is 2. The molecule has 1 aliphatic heterocycles. The van der Waals surface area contributed by atoms with Crippen molar-refractivity contribution in [2.75, 3.05) is 17.2 Å². The van der Waals surface area contributed by atoms with Crippen molar-refractivity contribution in [2.24, 2.45) is 0 Å². The highest BCUT2D eigenvalue weighted by Crippen LogP contribution is 2.27. The number of alkyl halides is 2. The van der Waals surface area contributed by atoms with Gasteiger partial charge in [-0.3, -0.25) is 9.59 Å². The molecule has 0 fully saturated rings. The molecule has 2 aromatic rings. The minimum atomic E-state index is -2.88. The van der Waals surface area contributed by atoms with Crippen LogP contribution in [0.4, 0.5) is 20.2 Å². The molecule has 3 rings (SSSR count). The second kappa shape index (κ2) is 9.16. The molecule has 0 saturated carbocycles. The first-order valence-electron chi connectivity index (χ1n) is 8.90. The van der Waals surface area contributed by atoms with Crippen molar-refractivity contribution in [1.82, 2.24) is 0 Å². The van der Waals surface area contributed by atoms with E-state index in [9.17, 15) is 18.4 Å². The van der Waals surface area contributed by atoms with E-state index in [0.717, 1.165) is 11.3 Å². The quantitative estimate of drug-likeness (QED) is 0.669. The molecule has 0 spiro atoms. The summed E-state index contributed by atoms with van der Waals surface area (Å²) in [6.45, 7) is -2.51. The van der Waals surface area contributed by atoms with Crippen molar-refractivity contribution >= 4 is 23.2 Å². The topological polar surface area (TPSA) is 76.7 Å². The molecule has 2 N–H and O–H groups in total. The molecule has 2 aromatic carbocycles. The third kappa shape index (κ3) is 5.67. The molecule has 0 atom stereocenters. The Morgan fingerprint density at radius 3 is 2.61 bits per heavy atom. The summed E-state index contributed by atoms with van der Waals surface area (Å²) in [6.07, 6.45) is 1.93. The Labute approximate surface area is 160 Å². The zero-order valence-corrected chi connectivity index (χ0v) is 15.0. The molecular weight excluding hydrogens is 370 g/mol. The van der Waals surface area contributed by atoms with Crippen LogP contribution in [0.15, 0.2) is 42.5 Å². The Hall–Kier alpha value is -3.16. The maximum absolute atomic E-state index is 12.1. The summed E-state index contributed by atoms with van der Waals surface area (Å²) in [7, 11) is 0. The lowest BCUT2D eigenvalue weighted by molar-refractivity contribution is -0.117. The molecule has 148 valence electrons. The fourth-order valence-electron chi connectivity index (χ4n) is 2.82. The number of carbonyl (C=O) groups excluding carboxylic acids is 2. The van der Waals surface area contributed by atoms with Gasteiger partial charge in [-0.2, -0.15) is 8.78 Å². The van der Waals surface area contributed by atoms with Crippen LogP contribution < -0.4 is 20.1 Å². The predicted molar refractivity (Wildman–Crippen MR) is 99.8 cm³/mol. The highest BCUT2D eigenvalue weighted by atomic mass is 19.3. The Morgan fingerprint density at radius 2 is 1.86 bits per heavy atom. The molecule has 0 aliphatic carbocycles. The average Bonchev–Trinajstić information content (AvgIpc) is 2.66. The molecular formula is C20H20F2N2O4. The van der Waals surface area contributed by atoms with E-state index in [1.807, 2.05) is 12.1 Å². The third-order valence-electron chi connectivity index (χ3n) is 4.15. The van der Waals surface area contributed by atoms with Gasteiger partial charge in [0.05, 0.1) is 6.61 Å². The summed E-state index contributed by atoms with van der Waals surface area (Å²) < 4.78 is 34.1. The summed E-state index contributed by atoms with van der Waals surface area (Å²) in [5, 5.41) is 5.50. The molecule has 0 radical (unpaired) electrons. The number of ether oxygens (including phenoxy) is 2. The van der Waals surface area contributed by atoms with E-state index in [0.29, 0.717) is 37.3 Å². The summed E-state index contributed by atoms with van der Waals surface area (Å²) in [5.41, 5.74) is 2.35. The summed E-state index contributed by atoms with van der Waals surface area (Å²) >= 11 is 0. The van der Waals surface area contributed by atoms with Crippen LogP contribution >= 0.6 is 0 Å². The van der Waals surface area contributed by atoms with Crippen molar-refractivity contribution in [1.29, 1.82) is 0 Å². The van der Waals surface area contributed by atoms with Gasteiger partial charge in [0.25, 0.3) is 0 Å². The van der Waals surface area contributed by atoms with Crippen LogP contribution in [0.25, 0.3) is 0 Å². The van der Waals surface area contributed by atoms with E-state index in [-0.39, 0.29) is 24.0 Å². The number of halogens is 2. The van der Waals surface area contributed by atoms with Gasteiger partial charge in [0.15, 0.2) is 0 Å². The first kappa shape index (κ1) is 19.6. The number of nitrogens with one attached hydrogen (secondary N) is 2. The van der Waals surface area contributed by atoms with Gasteiger partial charge < -0.3 is 20.1 Å². The normalized spacial score (nSPS) is 12.9. The molecule has 28 heavy (non-hydrogen) atoms. The van der Waals surface area contributed by atoms with Gasteiger partial charge in [-0.25, -0.2) is 0 Å². The lowest BCUT2D eigenvalue weighted by Gasteiger charge is -2.17. The average molecular weight is 390 g/mol. The van der Waals surface area contributed by atoms with Crippen molar-refractivity contribution in [3.8, 4) is 11.5 Å². The van der Waals surface area contributed by atoms with Gasteiger partial charge in [0.2, 0.25) is 11.8 Å². The van der Waals surface area contributed by atoms with Crippen LogP contribution in [0.3, 0.4) is 0 Å². The van der Waals surface area contributed by atoms with Crippen LogP contribution in [-0.2, 0) is 16.0 Å².